The normalized spacial score (nSPS) is 14.4. The van der Waals surface area contributed by atoms with Crippen molar-refractivity contribution in [1.82, 2.24) is 9.88 Å². The van der Waals surface area contributed by atoms with Crippen molar-refractivity contribution in [3.8, 4) is 11.8 Å². The van der Waals surface area contributed by atoms with Crippen molar-refractivity contribution in [3.05, 3.63) is 59.8 Å². The molecule has 1 aromatic heterocycles. The lowest BCUT2D eigenvalue weighted by atomic mass is 10.1. The first kappa shape index (κ1) is 19.0. The number of nitrogens with zero attached hydrogens (tertiary/aromatic N) is 2. The van der Waals surface area contributed by atoms with Crippen molar-refractivity contribution >= 4 is 22.5 Å². The summed E-state index contributed by atoms with van der Waals surface area (Å²) in [6.45, 7) is 4.80. The standard InChI is InChI=1S/C22H22N4O3/c23-14-16-3-1-6-20-21(16)19(15-24-20)22(27)25-17-4-2-5-18(13-17)29-12-9-26-7-10-28-11-8-26/h1-6,13,15,24H,7-12H2,(H,25,27). The molecule has 148 valence electrons. The number of hydrogen-bond donors (Lipinski definition) is 2. The highest BCUT2D eigenvalue weighted by molar-refractivity contribution is 6.14. The van der Waals surface area contributed by atoms with Crippen LogP contribution in [0.25, 0.3) is 10.9 Å². The zero-order valence-corrected chi connectivity index (χ0v) is 16.0. The molecule has 0 spiro atoms. The molecular weight excluding hydrogens is 368 g/mol. The van der Waals surface area contributed by atoms with Crippen LogP contribution in [0.5, 0.6) is 5.75 Å². The lowest BCUT2D eigenvalue weighted by molar-refractivity contribution is 0.0322. The van der Waals surface area contributed by atoms with Gasteiger partial charge in [-0.1, -0.05) is 12.1 Å². The van der Waals surface area contributed by atoms with E-state index >= 15 is 0 Å². The number of anilines is 1. The van der Waals surface area contributed by atoms with Gasteiger partial charge in [0.1, 0.15) is 12.4 Å². The van der Waals surface area contributed by atoms with Gasteiger partial charge in [0.25, 0.3) is 5.91 Å². The van der Waals surface area contributed by atoms with E-state index in [1.165, 1.54) is 0 Å². The lowest BCUT2D eigenvalue weighted by Crippen LogP contribution is -2.38. The number of fused-ring (bicyclic) bond motifs is 1. The van der Waals surface area contributed by atoms with Crippen LogP contribution >= 0.6 is 0 Å². The summed E-state index contributed by atoms with van der Waals surface area (Å²) in [5.41, 5.74) is 2.31. The van der Waals surface area contributed by atoms with Crippen molar-refractivity contribution in [2.24, 2.45) is 0 Å². The fourth-order valence-corrected chi connectivity index (χ4v) is 3.44. The van der Waals surface area contributed by atoms with Gasteiger partial charge in [0.15, 0.2) is 0 Å². The number of H-pyrrole nitrogens is 1. The molecule has 1 saturated heterocycles. The third-order valence-electron chi connectivity index (χ3n) is 4.94. The van der Waals surface area contributed by atoms with Crippen molar-refractivity contribution in [1.29, 1.82) is 5.26 Å². The molecule has 1 aliphatic rings. The van der Waals surface area contributed by atoms with Crippen molar-refractivity contribution < 1.29 is 14.3 Å². The summed E-state index contributed by atoms with van der Waals surface area (Å²) in [6, 6.07) is 14.8. The molecule has 1 amide bonds. The number of nitriles is 1. The smallest absolute Gasteiger partial charge is 0.257 e. The van der Waals surface area contributed by atoms with Crippen LogP contribution in [0.15, 0.2) is 48.7 Å². The number of rotatable bonds is 6. The van der Waals surface area contributed by atoms with E-state index in [4.69, 9.17) is 9.47 Å². The van der Waals surface area contributed by atoms with Crippen LogP contribution in [0, 0.1) is 11.3 Å². The van der Waals surface area contributed by atoms with E-state index in [9.17, 15) is 10.1 Å². The molecule has 4 rings (SSSR count). The predicted octanol–water partition coefficient (Wildman–Crippen LogP) is 3.00. The number of aromatic amines is 1. The number of aromatic nitrogens is 1. The summed E-state index contributed by atoms with van der Waals surface area (Å²) >= 11 is 0. The van der Waals surface area contributed by atoms with Gasteiger partial charge in [-0.15, -0.1) is 0 Å². The molecule has 2 N–H and O–H groups in total. The Morgan fingerprint density at radius 3 is 2.90 bits per heavy atom. The van der Waals surface area contributed by atoms with E-state index in [1.807, 2.05) is 24.3 Å². The van der Waals surface area contributed by atoms with Gasteiger partial charge < -0.3 is 19.8 Å². The summed E-state index contributed by atoms with van der Waals surface area (Å²) in [4.78, 5) is 18.1. The molecule has 7 nitrogen and oxygen atoms in total. The van der Waals surface area contributed by atoms with E-state index in [0.717, 1.165) is 38.4 Å². The molecule has 2 aromatic carbocycles. The first-order valence-corrected chi connectivity index (χ1v) is 9.59. The lowest BCUT2D eigenvalue weighted by Gasteiger charge is -2.26. The Hall–Kier alpha value is -3.34. The van der Waals surface area contributed by atoms with Crippen molar-refractivity contribution in [2.75, 3.05) is 44.8 Å². The number of morpholine rings is 1. The average Bonchev–Trinajstić information content (AvgIpc) is 3.19. The number of nitrogens with one attached hydrogen (secondary N) is 2. The molecule has 3 aromatic rings. The third kappa shape index (κ3) is 4.40. The van der Waals surface area contributed by atoms with E-state index in [1.54, 1.807) is 24.4 Å². The zero-order chi connectivity index (χ0) is 20.1. The largest absolute Gasteiger partial charge is 0.492 e. The highest BCUT2D eigenvalue weighted by atomic mass is 16.5. The van der Waals surface area contributed by atoms with Crippen molar-refractivity contribution in [2.45, 2.75) is 0 Å². The van der Waals surface area contributed by atoms with Gasteiger partial charge in [0.2, 0.25) is 0 Å². The Morgan fingerprint density at radius 2 is 2.07 bits per heavy atom. The summed E-state index contributed by atoms with van der Waals surface area (Å²) in [5.74, 6) is 0.428. The number of carbonyl (C=O) groups is 1. The van der Waals surface area contributed by atoms with Gasteiger partial charge in [-0.05, 0) is 24.3 Å². The Morgan fingerprint density at radius 1 is 1.24 bits per heavy atom. The third-order valence-corrected chi connectivity index (χ3v) is 4.94. The zero-order valence-electron chi connectivity index (χ0n) is 16.0. The molecule has 0 atom stereocenters. The monoisotopic (exact) mass is 390 g/mol. The first-order chi connectivity index (χ1) is 14.2. The fourth-order valence-electron chi connectivity index (χ4n) is 3.44. The van der Waals surface area contributed by atoms with Gasteiger partial charge in [-0.25, -0.2) is 0 Å². The number of hydrogen-bond acceptors (Lipinski definition) is 5. The minimum atomic E-state index is -0.274. The number of amides is 1. The molecule has 7 heteroatoms. The second-order valence-corrected chi connectivity index (χ2v) is 6.83. The quantitative estimate of drug-likeness (QED) is 0.675. The van der Waals surface area contributed by atoms with Crippen LogP contribution < -0.4 is 10.1 Å². The molecular formula is C22H22N4O3. The van der Waals surface area contributed by atoms with E-state index in [0.29, 0.717) is 34.6 Å². The molecule has 0 aliphatic carbocycles. The van der Waals surface area contributed by atoms with Gasteiger partial charge >= 0.3 is 0 Å². The van der Waals surface area contributed by atoms with Gasteiger partial charge in [0, 0.05) is 48.5 Å². The van der Waals surface area contributed by atoms with E-state index < -0.39 is 0 Å². The highest BCUT2D eigenvalue weighted by Gasteiger charge is 2.15. The number of ether oxygens (including phenoxy) is 2. The maximum atomic E-state index is 12.8. The van der Waals surface area contributed by atoms with Gasteiger partial charge in [-0.2, -0.15) is 5.26 Å². The topological polar surface area (TPSA) is 90.4 Å². The first-order valence-electron chi connectivity index (χ1n) is 9.59. The minimum Gasteiger partial charge on any atom is -0.492 e. The van der Waals surface area contributed by atoms with Gasteiger partial charge in [-0.3, -0.25) is 9.69 Å². The molecule has 1 aliphatic heterocycles. The number of benzene rings is 2. The summed E-state index contributed by atoms with van der Waals surface area (Å²) in [7, 11) is 0. The summed E-state index contributed by atoms with van der Waals surface area (Å²) < 4.78 is 11.2. The predicted molar refractivity (Wildman–Crippen MR) is 110 cm³/mol. The molecule has 0 bridgehead atoms. The Labute approximate surface area is 168 Å². The van der Waals surface area contributed by atoms with Crippen LogP contribution in [0.2, 0.25) is 0 Å². The highest BCUT2D eigenvalue weighted by Crippen LogP contribution is 2.24. The molecule has 0 saturated carbocycles. The fraction of sp³-hybridized carbons (Fsp3) is 0.273. The maximum Gasteiger partial charge on any atom is 0.257 e. The summed E-state index contributed by atoms with van der Waals surface area (Å²) in [5, 5.41) is 12.9. The average molecular weight is 390 g/mol. The Balaban J connectivity index is 1.41. The Bertz CT molecular complexity index is 1050. The van der Waals surface area contributed by atoms with Crippen LogP contribution in [0.1, 0.15) is 15.9 Å². The molecule has 1 fully saturated rings. The molecule has 2 heterocycles. The maximum absolute atomic E-state index is 12.8. The minimum absolute atomic E-state index is 0.274. The van der Waals surface area contributed by atoms with E-state index in [-0.39, 0.29) is 5.91 Å². The van der Waals surface area contributed by atoms with Crippen LogP contribution in [-0.4, -0.2) is 55.2 Å². The van der Waals surface area contributed by atoms with Crippen molar-refractivity contribution in [3.63, 3.8) is 0 Å². The molecule has 0 radical (unpaired) electrons. The van der Waals surface area contributed by atoms with Crippen LogP contribution in [0.3, 0.4) is 0 Å². The second-order valence-electron chi connectivity index (χ2n) is 6.83. The molecule has 0 unspecified atom stereocenters. The van der Waals surface area contributed by atoms with Crippen LogP contribution in [0.4, 0.5) is 5.69 Å². The second kappa shape index (κ2) is 8.78. The van der Waals surface area contributed by atoms with E-state index in [2.05, 4.69) is 21.3 Å². The summed E-state index contributed by atoms with van der Waals surface area (Å²) in [6.07, 6.45) is 1.63. The molecule has 29 heavy (non-hydrogen) atoms. The number of carbonyl (C=O) groups excluding carboxylic acids is 1. The van der Waals surface area contributed by atoms with Crippen LogP contribution in [-0.2, 0) is 4.74 Å². The SMILES string of the molecule is N#Cc1cccc2[nH]cc(C(=O)Nc3cccc(OCCN4CCOCC4)c3)c12. The Kier molecular flexibility index (Phi) is 5.75. The van der Waals surface area contributed by atoms with Gasteiger partial charge in [0.05, 0.1) is 30.4 Å².